The SMILES string of the molecule is O=C1COCC(c2cnccc2Oc2ccc(F)cc2)N1Cc1ccccc1F. The van der Waals surface area contributed by atoms with Crippen LogP contribution in [0.2, 0.25) is 0 Å². The molecule has 1 atom stereocenters. The van der Waals surface area contributed by atoms with Gasteiger partial charge in [-0.3, -0.25) is 9.78 Å². The normalized spacial score (nSPS) is 16.7. The standard InChI is InChI=1S/C22H18F2N2O3/c23-16-5-7-17(8-6-16)29-21-9-10-25-11-18(21)20-13-28-14-22(27)26(20)12-15-3-1-2-4-19(15)24/h1-11,20H,12-14H2. The summed E-state index contributed by atoms with van der Waals surface area (Å²) in [6.07, 6.45) is 3.16. The molecule has 3 aromatic rings. The number of benzene rings is 2. The number of rotatable bonds is 5. The quantitative estimate of drug-likeness (QED) is 0.647. The Kier molecular flexibility index (Phi) is 5.48. The van der Waals surface area contributed by atoms with Crippen LogP contribution in [0.1, 0.15) is 17.2 Å². The highest BCUT2D eigenvalue weighted by molar-refractivity contribution is 5.78. The van der Waals surface area contributed by atoms with Crippen LogP contribution in [0.5, 0.6) is 11.5 Å². The van der Waals surface area contributed by atoms with E-state index in [0.29, 0.717) is 22.6 Å². The van der Waals surface area contributed by atoms with Crippen LogP contribution in [0.25, 0.3) is 0 Å². The molecule has 1 aliphatic heterocycles. The van der Waals surface area contributed by atoms with Crippen molar-refractivity contribution in [2.24, 2.45) is 0 Å². The van der Waals surface area contributed by atoms with Crippen molar-refractivity contribution in [1.29, 1.82) is 0 Å². The summed E-state index contributed by atoms with van der Waals surface area (Å²) in [7, 11) is 0. The van der Waals surface area contributed by atoms with E-state index in [-0.39, 0.29) is 37.3 Å². The van der Waals surface area contributed by atoms with Gasteiger partial charge in [0, 0.05) is 30.1 Å². The second-order valence-electron chi connectivity index (χ2n) is 6.61. The van der Waals surface area contributed by atoms with Crippen molar-refractivity contribution in [3.8, 4) is 11.5 Å². The molecule has 148 valence electrons. The Bertz CT molecular complexity index is 1010. The molecule has 2 heterocycles. The van der Waals surface area contributed by atoms with Gasteiger partial charge in [-0.15, -0.1) is 0 Å². The molecule has 1 unspecified atom stereocenters. The van der Waals surface area contributed by atoms with Gasteiger partial charge in [-0.25, -0.2) is 8.78 Å². The van der Waals surface area contributed by atoms with E-state index in [4.69, 9.17) is 9.47 Å². The van der Waals surface area contributed by atoms with Gasteiger partial charge < -0.3 is 14.4 Å². The van der Waals surface area contributed by atoms with E-state index in [1.54, 1.807) is 41.6 Å². The number of morpholine rings is 1. The number of ether oxygens (including phenoxy) is 2. The lowest BCUT2D eigenvalue weighted by Gasteiger charge is -2.36. The Labute approximate surface area is 166 Å². The lowest BCUT2D eigenvalue weighted by atomic mass is 10.0. The summed E-state index contributed by atoms with van der Waals surface area (Å²) < 4.78 is 38.7. The average molecular weight is 396 g/mol. The number of halogens is 2. The highest BCUT2D eigenvalue weighted by Gasteiger charge is 2.32. The minimum atomic E-state index is -0.500. The van der Waals surface area contributed by atoms with Crippen LogP contribution in [0.3, 0.4) is 0 Å². The van der Waals surface area contributed by atoms with Crippen molar-refractivity contribution in [3.05, 3.63) is 89.8 Å². The summed E-state index contributed by atoms with van der Waals surface area (Å²) in [6, 6.07) is 13.1. The highest BCUT2D eigenvalue weighted by atomic mass is 19.1. The zero-order valence-corrected chi connectivity index (χ0v) is 15.4. The number of amides is 1. The maximum absolute atomic E-state index is 14.2. The molecule has 1 saturated heterocycles. The van der Waals surface area contributed by atoms with Crippen molar-refractivity contribution in [2.45, 2.75) is 12.6 Å². The predicted molar refractivity (Wildman–Crippen MR) is 101 cm³/mol. The van der Waals surface area contributed by atoms with Crippen molar-refractivity contribution < 1.29 is 23.0 Å². The van der Waals surface area contributed by atoms with Crippen molar-refractivity contribution in [2.75, 3.05) is 13.2 Å². The molecular weight excluding hydrogens is 378 g/mol. The number of pyridine rings is 1. The number of hydrogen-bond acceptors (Lipinski definition) is 4. The number of carbonyl (C=O) groups is 1. The molecule has 7 heteroatoms. The molecule has 29 heavy (non-hydrogen) atoms. The monoisotopic (exact) mass is 396 g/mol. The molecule has 0 radical (unpaired) electrons. The Hall–Kier alpha value is -3.32. The van der Waals surface area contributed by atoms with Crippen LogP contribution in [-0.4, -0.2) is 29.0 Å². The van der Waals surface area contributed by atoms with Crippen LogP contribution in [0.4, 0.5) is 8.78 Å². The summed E-state index contributed by atoms with van der Waals surface area (Å²) in [5, 5.41) is 0. The summed E-state index contributed by atoms with van der Waals surface area (Å²) in [6.45, 7) is 0.259. The van der Waals surface area contributed by atoms with Crippen molar-refractivity contribution in [1.82, 2.24) is 9.88 Å². The predicted octanol–water partition coefficient (Wildman–Crippen LogP) is 4.25. The van der Waals surface area contributed by atoms with Crippen LogP contribution in [0, 0.1) is 11.6 Å². The first-order chi connectivity index (χ1) is 14.1. The number of aromatic nitrogens is 1. The third-order valence-corrected chi connectivity index (χ3v) is 4.71. The van der Waals surface area contributed by atoms with Gasteiger partial charge in [0.25, 0.3) is 0 Å². The molecule has 4 rings (SSSR count). The Morgan fingerprint density at radius 1 is 1.10 bits per heavy atom. The minimum absolute atomic E-state index is 0.0701. The smallest absolute Gasteiger partial charge is 0.249 e. The lowest BCUT2D eigenvalue weighted by Crippen LogP contribution is -2.43. The fourth-order valence-electron chi connectivity index (χ4n) is 3.24. The van der Waals surface area contributed by atoms with Crippen LogP contribution < -0.4 is 4.74 Å². The maximum Gasteiger partial charge on any atom is 0.249 e. The van der Waals surface area contributed by atoms with E-state index in [2.05, 4.69) is 4.98 Å². The molecule has 1 aromatic heterocycles. The van der Waals surface area contributed by atoms with E-state index in [0.717, 1.165) is 0 Å². The highest BCUT2D eigenvalue weighted by Crippen LogP contribution is 2.35. The van der Waals surface area contributed by atoms with Gasteiger partial charge >= 0.3 is 0 Å². The summed E-state index contributed by atoms with van der Waals surface area (Å²) in [5.41, 5.74) is 1.04. The molecule has 1 amide bonds. The van der Waals surface area contributed by atoms with E-state index >= 15 is 0 Å². The third kappa shape index (κ3) is 4.25. The van der Waals surface area contributed by atoms with E-state index in [1.807, 2.05) is 0 Å². The second kappa shape index (κ2) is 8.36. The number of carbonyl (C=O) groups excluding carboxylic acids is 1. The van der Waals surface area contributed by atoms with Crippen LogP contribution in [0.15, 0.2) is 67.0 Å². The molecule has 5 nitrogen and oxygen atoms in total. The number of hydrogen-bond donors (Lipinski definition) is 0. The van der Waals surface area contributed by atoms with Gasteiger partial charge in [0.15, 0.2) is 0 Å². The van der Waals surface area contributed by atoms with E-state index in [1.165, 1.54) is 30.3 Å². The van der Waals surface area contributed by atoms with Crippen molar-refractivity contribution in [3.63, 3.8) is 0 Å². The molecule has 1 fully saturated rings. The lowest BCUT2D eigenvalue weighted by molar-refractivity contribution is -0.149. The third-order valence-electron chi connectivity index (χ3n) is 4.71. The first-order valence-electron chi connectivity index (χ1n) is 9.10. The molecule has 0 bridgehead atoms. The largest absolute Gasteiger partial charge is 0.457 e. The molecule has 1 aliphatic rings. The topological polar surface area (TPSA) is 51.7 Å². The Morgan fingerprint density at radius 2 is 1.90 bits per heavy atom. The van der Waals surface area contributed by atoms with Crippen molar-refractivity contribution >= 4 is 5.91 Å². The summed E-state index contributed by atoms with van der Waals surface area (Å²) in [5.74, 6) is -0.0776. The van der Waals surface area contributed by atoms with Gasteiger partial charge in [0.2, 0.25) is 5.91 Å². The molecule has 0 aliphatic carbocycles. The fraction of sp³-hybridized carbons (Fsp3) is 0.182. The van der Waals surface area contributed by atoms with Gasteiger partial charge in [-0.05, 0) is 36.4 Å². The summed E-state index contributed by atoms with van der Waals surface area (Å²) in [4.78, 5) is 18.3. The Balaban J connectivity index is 1.65. The zero-order chi connectivity index (χ0) is 20.2. The minimum Gasteiger partial charge on any atom is -0.457 e. The molecule has 2 aromatic carbocycles. The molecule has 0 saturated carbocycles. The maximum atomic E-state index is 14.2. The molecule has 0 N–H and O–H groups in total. The average Bonchev–Trinajstić information content (AvgIpc) is 2.73. The van der Waals surface area contributed by atoms with Crippen LogP contribution >= 0.6 is 0 Å². The van der Waals surface area contributed by atoms with Crippen LogP contribution in [-0.2, 0) is 16.1 Å². The molecule has 0 spiro atoms. The fourth-order valence-corrected chi connectivity index (χ4v) is 3.24. The first kappa shape index (κ1) is 19.0. The van der Waals surface area contributed by atoms with E-state index in [9.17, 15) is 13.6 Å². The van der Waals surface area contributed by atoms with Gasteiger partial charge in [0.1, 0.15) is 29.7 Å². The second-order valence-corrected chi connectivity index (χ2v) is 6.61. The van der Waals surface area contributed by atoms with Gasteiger partial charge in [-0.1, -0.05) is 18.2 Å². The van der Waals surface area contributed by atoms with E-state index < -0.39 is 6.04 Å². The Morgan fingerprint density at radius 3 is 2.69 bits per heavy atom. The zero-order valence-electron chi connectivity index (χ0n) is 15.4. The van der Waals surface area contributed by atoms with Gasteiger partial charge in [-0.2, -0.15) is 0 Å². The first-order valence-corrected chi connectivity index (χ1v) is 9.10. The molecular formula is C22H18F2N2O3. The van der Waals surface area contributed by atoms with Gasteiger partial charge in [0.05, 0.1) is 12.6 Å². The summed E-state index contributed by atoms with van der Waals surface area (Å²) >= 11 is 0. The number of nitrogens with zero attached hydrogens (tertiary/aromatic N) is 2.